The molecule has 0 bridgehead atoms. The van der Waals surface area contributed by atoms with Crippen LogP contribution in [0.15, 0.2) is 0 Å². The maximum absolute atomic E-state index is 11.9. The standard InChI is InChI=1S/C9H17NO5S/c1-5-7-6-15-16(13,14)10(7,8(11)12)9(2,3)4/h7H,5-6H2,1-4H3/p+1/t7-,10?/m1/s1. The Kier molecular flexibility index (Phi) is 3.08. The van der Waals surface area contributed by atoms with Crippen LogP contribution < -0.4 is 0 Å². The molecule has 1 rings (SSSR count). The summed E-state index contributed by atoms with van der Waals surface area (Å²) in [5, 5.41) is 9.35. The summed E-state index contributed by atoms with van der Waals surface area (Å²) >= 11 is 0. The average Bonchev–Trinajstić information content (AvgIpc) is 2.35. The molecule has 1 aliphatic heterocycles. The van der Waals surface area contributed by atoms with E-state index in [1.807, 2.05) is 0 Å². The van der Waals surface area contributed by atoms with Gasteiger partial charge >= 0.3 is 16.4 Å². The third-order valence-corrected chi connectivity index (χ3v) is 5.17. The Balaban J connectivity index is 3.54. The number of rotatable bonds is 1. The van der Waals surface area contributed by atoms with E-state index < -0.39 is 31.9 Å². The normalized spacial score (nSPS) is 33.9. The molecule has 0 aromatic heterocycles. The molecule has 1 aliphatic rings. The maximum atomic E-state index is 11.9. The molecule has 16 heavy (non-hydrogen) atoms. The lowest BCUT2D eigenvalue weighted by Gasteiger charge is -2.39. The van der Waals surface area contributed by atoms with E-state index in [0.29, 0.717) is 6.42 Å². The number of carboxylic acid groups (broad SMARTS) is 1. The molecule has 1 heterocycles. The summed E-state index contributed by atoms with van der Waals surface area (Å²) in [4.78, 5) is 11.5. The second-order valence-corrected chi connectivity index (χ2v) is 6.55. The van der Waals surface area contributed by atoms with Crippen LogP contribution in [-0.2, 0) is 14.5 Å². The van der Waals surface area contributed by atoms with Gasteiger partial charge in [-0.2, -0.15) is 4.79 Å². The zero-order valence-electron chi connectivity index (χ0n) is 9.93. The van der Waals surface area contributed by atoms with Gasteiger partial charge in [0.15, 0.2) is 0 Å². The van der Waals surface area contributed by atoms with Crippen LogP contribution in [0.3, 0.4) is 0 Å². The molecule has 1 saturated heterocycles. The van der Waals surface area contributed by atoms with E-state index >= 15 is 0 Å². The fourth-order valence-electron chi connectivity index (χ4n) is 2.33. The summed E-state index contributed by atoms with van der Waals surface area (Å²) < 4.78 is 27.5. The smallest absolute Gasteiger partial charge is 0.434 e. The molecule has 0 aromatic rings. The van der Waals surface area contributed by atoms with E-state index in [0.717, 1.165) is 0 Å². The van der Waals surface area contributed by atoms with E-state index in [1.54, 1.807) is 27.7 Å². The molecule has 1 unspecified atom stereocenters. The first-order valence-corrected chi connectivity index (χ1v) is 6.49. The number of amides is 1. The van der Waals surface area contributed by atoms with E-state index in [9.17, 15) is 18.3 Å². The lowest BCUT2D eigenvalue weighted by molar-refractivity contribution is -0.804. The third-order valence-electron chi connectivity index (χ3n) is 3.03. The van der Waals surface area contributed by atoms with Gasteiger partial charge in [-0.15, -0.1) is 8.42 Å². The van der Waals surface area contributed by atoms with Crippen molar-refractivity contribution in [2.45, 2.75) is 45.7 Å². The lowest BCUT2D eigenvalue weighted by atomic mass is 10.0. The van der Waals surface area contributed by atoms with Gasteiger partial charge in [-0.25, -0.2) is 4.18 Å². The number of hydrogen-bond acceptors (Lipinski definition) is 4. The second kappa shape index (κ2) is 3.68. The van der Waals surface area contributed by atoms with Crippen LogP contribution >= 0.6 is 0 Å². The van der Waals surface area contributed by atoms with E-state index in [1.165, 1.54) is 0 Å². The zero-order valence-corrected chi connectivity index (χ0v) is 10.7. The highest BCUT2D eigenvalue weighted by molar-refractivity contribution is 7.81. The Morgan fingerprint density at radius 2 is 2.00 bits per heavy atom. The minimum atomic E-state index is -4.13. The Hall–Kier alpha value is -0.660. The molecular formula is C9H18NO5S+. The van der Waals surface area contributed by atoms with E-state index in [4.69, 9.17) is 4.18 Å². The van der Waals surface area contributed by atoms with Crippen molar-refractivity contribution in [2.24, 2.45) is 0 Å². The minimum absolute atomic E-state index is 0.0671. The topological polar surface area (TPSA) is 80.7 Å². The van der Waals surface area contributed by atoms with Crippen LogP contribution in [0, 0.1) is 0 Å². The molecule has 1 N–H and O–H groups in total. The SMILES string of the molecule is CC[C@@H]1COS(=O)(=O)[N+]1(C(=O)O)C(C)(C)C. The van der Waals surface area contributed by atoms with Gasteiger partial charge in [0, 0.05) is 6.42 Å². The maximum Gasteiger partial charge on any atom is 0.532 e. The molecule has 6 nitrogen and oxygen atoms in total. The van der Waals surface area contributed by atoms with Gasteiger partial charge in [-0.3, -0.25) is 0 Å². The van der Waals surface area contributed by atoms with E-state index in [-0.39, 0.29) is 6.61 Å². The predicted octanol–water partition coefficient (Wildman–Crippen LogP) is 1.33. The molecule has 94 valence electrons. The van der Waals surface area contributed by atoms with Crippen LogP contribution in [-0.4, -0.2) is 41.7 Å². The fourth-order valence-corrected chi connectivity index (χ4v) is 4.26. The molecule has 1 fully saturated rings. The molecular weight excluding hydrogens is 234 g/mol. The number of carbonyl (C=O) groups is 1. The van der Waals surface area contributed by atoms with Crippen molar-refractivity contribution in [3.05, 3.63) is 0 Å². The van der Waals surface area contributed by atoms with Crippen molar-refractivity contribution >= 4 is 16.4 Å². The molecule has 2 atom stereocenters. The van der Waals surface area contributed by atoms with Crippen LogP contribution in [0.1, 0.15) is 34.1 Å². The van der Waals surface area contributed by atoms with Gasteiger partial charge in [-0.05, 0) is 20.8 Å². The van der Waals surface area contributed by atoms with Crippen LogP contribution in [0.2, 0.25) is 0 Å². The lowest BCUT2D eigenvalue weighted by Crippen LogP contribution is -2.67. The van der Waals surface area contributed by atoms with Crippen molar-refractivity contribution in [3.63, 3.8) is 0 Å². The molecule has 0 saturated carbocycles. The molecule has 0 spiro atoms. The summed E-state index contributed by atoms with van der Waals surface area (Å²) in [5.74, 6) is 0. The summed E-state index contributed by atoms with van der Waals surface area (Å²) in [6.45, 7) is 6.47. The van der Waals surface area contributed by atoms with Crippen molar-refractivity contribution in [1.82, 2.24) is 0 Å². The van der Waals surface area contributed by atoms with Gasteiger partial charge in [0.1, 0.15) is 18.2 Å². The summed E-state index contributed by atoms with van der Waals surface area (Å²) in [6, 6.07) is -0.567. The average molecular weight is 252 g/mol. The van der Waals surface area contributed by atoms with Crippen molar-refractivity contribution in [2.75, 3.05) is 6.61 Å². The fraction of sp³-hybridized carbons (Fsp3) is 0.889. The first-order chi connectivity index (χ1) is 7.11. The highest BCUT2D eigenvalue weighted by Gasteiger charge is 2.67. The monoisotopic (exact) mass is 252 g/mol. The van der Waals surface area contributed by atoms with Crippen LogP contribution in [0.5, 0.6) is 0 Å². The molecule has 1 amide bonds. The summed E-state index contributed by atoms with van der Waals surface area (Å²) in [6.07, 6.45) is -0.945. The molecule has 0 aliphatic carbocycles. The van der Waals surface area contributed by atoms with Crippen molar-refractivity contribution in [3.8, 4) is 0 Å². The third kappa shape index (κ3) is 1.46. The molecule has 0 radical (unpaired) electrons. The van der Waals surface area contributed by atoms with E-state index in [2.05, 4.69) is 0 Å². The van der Waals surface area contributed by atoms with Crippen molar-refractivity contribution in [1.29, 1.82) is 0 Å². The van der Waals surface area contributed by atoms with Gasteiger partial charge in [0.05, 0.1) is 0 Å². The highest BCUT2D eigenvalue weighted by Crippen LogP contribution is 2.40. The Morgan fingerprint density at radius 1 is 1.50 bits per heavy atom. The first-order valence-electron chi connectivity index (χ1n) is 5.13. The number of hydrogen-bond donors (Lipinski definition) is 1. The van der Waals surface area contributed by atoms with Crippen LogP contribution in [0.25, 0.3) is 0 Å². The van der Waals surface area contributed by atoms with Gasteiger partial charge in [-0.1, -0.05) is 10.8 Å². The highest BCUT2D eigenvalue weighted by atomic mass is 32.2. The summed E-state index contributed by atoms with van der Waals surface area (Å²) in [5.41, 5.74) is -0.970. The van der Waals surface area contributed by atoms with Gasteiger partial charge < -0.3 is 5.11 Å². The second-order valence-electron chi connectivity index (χ2n) is 4.89. The number of quaternary nitrogens is 1. The van der Waals surface area contributed by atoms with Crippen molar-refractivity contribution < 1.29 is 26.4 Å². The summed E-state index contributed by atoms with van der Waals surface area (Å²) in [7, 11) is -4.13. The van der Waals surface area contributed by atoms with Gasteiger partial charge in [0.2, 0.25) is 0 Å². The molecule has 0 aromatic carbocycles. The quantitative estimate of drug-likeness (QED) is 0.712. The van der Waals surface area contributed by atoms with Crippen LogP contribution in [0.4, 0.5) is 4.79 Å². The van der Waals surface area contributed by atoms with Gasteiger partial charge in [0.25, 0.3) is 0 Å². The number of nitrogens with zero attached hydrogens (tertiary/aromatic N) is 1. The minimum Gasteiger partial charge on any atom is -0.434 e. The zero-order chi connectivity index (χ0) is 12.8. The largest absolute Gasteiger partial charge is 0.532 e. The first kappa shape index (κ1) is 13.4. The predicted molar refractivity (Wildman–Crippen MR) is 57.0 cm³/mol. The molecule has 7 heteroatoms. The Bertz CT molecular complexity index is 397. The Morgan fingerprint density at radius 3 is 2.25 bits per heavy atom. The Labute approximate surface area is 95.7 Å².